The second kappa shape index (κ2) is 7.76. The van der Waals surface area contributed by atoms with Crippen LogP contribution in [-0.4, -0.2) is 79.0 Å². The van der Waals surface area contributed by atoms with E-state index in [2.05, 4.69) is 9.80 Å². The van der Waals surface area contributed by atoms with Gasteiger partial charge in [-0.15, -0.1) is 0 Å². The van der Waals surface area contributed by atoms with Gasteiger partial charge in [0.25, 0.3) is 0 Å². The lowest BCUT2D eigenvalue weighted by molar-refractivity contribution is -0.138. The van der Waals surface area contributed by atoms with E-state index >= 15 is 0 Å². The van der Waals surface area contributed by atoms with Crippen LogP contribution in [0.3, 0.4) is 0 Å². The fourth-order valence-corrected chi connectivity index (χ4v) is 7.03. The highest BCUT2D eigenvalue weighted by atomic mass is 32.2. The van der Waals surface area contributed by atoms with E-state index in [1.54, 1.807) is 4.31 Å². The van der Waals surface area contributed by atoms with Crippen molar-refractivity contribution in [3.05, 3.63) is 0 Å². The number of hydrogen-bond acceptors (Lipinski definition) is 4. The fourth-order valence-electron chi connectivity index (χ4n) is 5.15. The van der Waals surface area contributed by atoms with Crippen molar-refractivity contribution in [2.24, 2.45) is 5.92 Å². The van der Waals surface area contributed by atoms with Crippen molar-refractivity contribution in [2.75, 3.05) is 39.3 Å². The van der Waals surface area contributed by atoms with Gasteiger partial charge in [0, 0.05) is 32.2 Å². The van der Waals surface area contributed by atoms with E-state index in [4.69, 9.17) is 0 Å². The lowest BCUT2D eigenvalue weighted by Crippen LogP contribution is -2.52. The first-order valence-corrected chi connectivity index (χ1v) is 12.1. The zero-order valence-electron chi connectivity index (χ0n) is 15.8. The van der Waals surface area contributed by atoms with E-state index in [0.29, 0.717) is 38.1 Å². The Kier molecular flexibility index (Phi) is 5.58. The van der Waals surface area contributed by atoms with Crippen LogP contribution in [0.2, 0.25) is 0 Å². The Morgan fingerprint density at radius 1 is 0.808 bits per heavy atom. The van der Waals surface area contributed by atoms with Crippen molar-refractivity contribution in [2.45, 2.75) is 69.1 Å². The van der Waals surface area contributed by atoms with E-state index in [-0.39, 0.29) is 11.2 Å². The van der Waals surface area contributed by atoms with Crippen LogP contribution in [0.15, 0.2) is 0 Å². The molecule has 2 unspecified atom stereocenters. The smallest absolute Gasteiger partial charge is 0.237 e. The average molecular weight is 384 g/mol. The molecule has 0 spiro atoms. The molecular weight excluding hydrogens is 350 g/mol. The first kappa shape index (κ1) is 18.7. The molecule has 4 rings (SSSR count). The number of sulfonamides is 1. The summed E-state index contributed by atoms with van der Waals surface area (Å²) in [4.78, 5) is 17.3. The molecule has 4 fully saturated rings. The van der Waals surface area contributed by atoms with Gasteiger partial charge >= 0.3 is 0 Å². The van der Waals surface area contributed by atoms with Crippen LogP contribution >= 0.6 is 0 Å². The summed E-state index contributed by atoms with van der Waals surface area (Å²) in [5.41, 5.74) is 0. The predicted octanol–water partition coefficient (Wildman–Crippen LogP) is 1.67. The monoisotopic (exact) mass is 383 g/mol. The summed E-state index contributed by atoms with van der Waals surface area (Å²) < 4.78 is 26.6. The van der Waals surface area contributed by atoms with Gasteiger partial charge in [-0.3, -0.25) is 9.69 Å². The Balaban J connectivity index is 1.33. The molecule has 148 valence electrons. The first-order valence-electron chi connectivity index (χ1n) is 10.6. The molecule has 0 bridgehead atoms. The van der Waals surface area contributed by atoms with Crippen LogP contribution in [-0.2, 0) is 14.8 Å². The summed E-state index contributed by atoms with van der Waals surface area (Å²) in [7, 11) is -3.09. The van der Waals surface area contributed by atoms with E-state index in [1.165, 1.54) is 32.1 Å². The molecule has 1 amide bonds. The topological polar surface area (TPSA) is 60.9 Å². The quantitative estimate of drug-likeness (QED) is 0.741. The minimum absolute atomic E-state index is 0.132. The number of nitrogens with zero attached hydrogens (tertiary/aromatic N) is 3. The molecule has 0 radical (unpaired) electrons. The molecule has 0 N–H and O–H groups in total. The maximum absolute atomic E-state index is 13.0. The number of carbonyl (C=O) groups excluding carboxylic acids is 1. The van der Waals surface area contributed by atoms with Gasteiger partial charge in [0.1, 0.15) is 0 Å². The van der Waals surface area contributed by atoms with Crippen LogP contribution in [0.1, 0.15) is 57.8 Å². The largest absolute Gasteiger partial charge is 0.338 e. The highest BCUT2D eigenvalue weighted by molar-refractivity contribution is 7.90. The minimum Gasteiger partial charge on any atom is -0.338 e. The molecule has 6 nitrogen and oxygen atoms in total. The van der Waals surface area contributed by atoms with Gasteiger partial charge in [0.15, 0.2) is 0 Å². The lowest BCUT2D eigenvalue weighted by atomic mass is 9.78. The van der Waals surface area contributed by atoms with Crippen LogP contribution < -0.4 is 0 Å². The lowest BCUT2D eigenvalue weighted by Gasteiger charge is -2.44. The number of rotatable bonds is 4. The number of amides is 1. The molecule has 0 aromatic carbocycles. The van der Waals surface area contributed by atoms with Gasteiger partial charge < -0.3 is 4.90 Å². The van der Waals surface area contributed by atoms with Crippen LogP contribution in [0.4, 0.5) is 0 Å². The molecule has 2 aliphatic carbocycles. The molecule has 2 heterocycles. The molecule has 2 saturated carbocycles. The van der Waals surface area contributed by atoms with E-state index in [9.17, 15) is 13.2 Å². The number of hydrogen-bond donors (Lipinski definition) is 0. The summed E-state index contributed by atoms with van der Waals surface area (Å²) in [5.74, 6) is 0.977. The molecule has 2 aliphatic heterocycles. The van der Waals surface area contributed by atoms with Crippen molar-refractivity contribution < 1.29 is 13.2 Å². The van der Waals surface area contributed by atoms with Crippen molar-refractivity contribution in [1.29, 1.82) is 0 Å². The maximum Gasteiger partial charge on any atom is 0.237 e. The summed E-state index contributed by atoms with van der Waals surface area (Å²) in [6.45, 7) is 4.02. The standard InChI is InChI=1S/C19H33N3O3S/c23-19(22-12-3-6-16-5-1-2-7-18(16)22)15-20-10-4-11-21(14-13-20)26(24,25)17-8-9-17/h16-18H,1-15H2. The van der Waals surface area contributed by atoms with Crippen molar-refractivity contribution in [1.82, 2.24) is 14.1 Å². The number of piperidine rings is 1. The molecular formula is C19H33N3O3S. The number of fused-ring (bicyclic) bond motifs is 1. The zero-order chi connectivity index (χ0) is 18.1. The Labute approximate surface area is 157 Å². The third-order valence-electron chi connectivity index (χ3n) is 6.78. The minimum atomic E-state index is -3.09. The maximum atomic E-state index is 13.0. The molecule has 4 aliphatic rings. The second-order valence-electron chi connectivity index (χ2n) is 8.61. The summed E-state index contributed by atoms with van der Waals surface area (Å²) in [6, 6.07) is 0.462. The zero-order valence-corrected chi connectivity index (χ0v) is 16.6. The van der Waals surface area contributed by atoms with Crippen LogP contribution in [0.5, 0.6) is 0 Å². The SMILES string of the molecule is O=C(CN1CCCN(S(=O)(=O)C2CC2)CC1)N1CCCC2CCCCC21. The van der Waals surface area contributed by atoms with Crippen LogP contribution in [0, 0.1) is 5.92 Å². The predicted molar refractivity (Wildman–Crippen MR) is 101 cm³/mol. The molecule has 2 atom stereocenters. The second-order valence-corrected chi connectivity index (χ2v) is 10.8. The van der Waals surface area contributed by atoms with Gasteiger partial charge in [-0.2, -0.15) is 0 Å². The number of likely N-dealkylation sites (tertiary alicyclic amines) is 1. The van der Waals surface area contributed by atoms with Gasteiger partial charge in [0.05, 0.1) is 11.8 Å². The molecule has 26 heavy (non-hydrogen) atoms. The Morgan fingerprint density at radius 2 is 1.58 bits per heavy atom. The third-order valence-corrected chi connectivity index (χ3v) is 9.17. The molecule has 7 heteroatoms. The summed E-state index contributed by atoms with van der Waals surface area (Å²) in [5, 5.41) is -0.132. The van der Waals surface area contributed by atoms with Gasteiger partial charge in [-0.1, -0.05) is 12.8 Å². The van der Waals surface area contributed by atoms with E-state index in [1.807, 2.05) is 0 Å². The first-order chi connectivity index (χ1) is 12.6. The van der Waals surface area contributed by atoms with Gasteiger partial charge in [-0.05, 0) is 57.4 Å². The van der Waals surface area contributed by atoms with E-state index in [0.717, 1.165) is 38.8 Å². The third kappa shape index (κ3) is 3.94. The van der Waals surface area contributed by atoms with Crippen molar-refractivity contribution in [3.8, 4) is 0 Å². The van der Waals surface area contributed by atoms with Gasteiger partial charge in [0.2, 0.25) is 15.9 Å². The summed E-state index contributed by atoms with van der Waals surface area (Å²) >= 11 is 0. The molecule has 0 aromatic rings. The average Bonchev–Trinajstić information content (AvgIpc) is 3.49. The Morgan fingerprint density at radius 3 is 2.38 bits per heavy atom. The van der Waals surface area contributed by atoms with Gasteiger partial charge in [-0.25, -0.2) is 12.7 Å². The van der Waals surface area contributed by atoms with E-state index < -0.39 is 10.0 Å². The fraction of sp³-hybridized carbons (Fsp3) is 0.947. The normalized spacial score (nSPS) is 32.1. The van der Waals surface area contributed by atoms with Crippen LogP contribution in [0.25, 0.3) is 0 Å². The van der Waals surface area contributed by atoms with Crippen molar-refractivity contribution in [3.63, 3.8) is 0 Å². The van der Waals surface area contributed by atoms with Crippen molar-refractivity contribution >= 4 is 15.9 Å². The highest BCUT2D eigenvalue weighted by Crippen LogP contribution is 2.35. The Bertz CT molecular complexity index is 618. The molecule has 2 saturated heterocycles. The summed E-state index contributed by atoms with van der Waals surface area (Å²) in [6.07, 6.45) is 9.91. The molecule has 0 aromatic heterocycles. The Hall–Kier alpha value is -0.660. The highest BCUT2D eigenvalue weighted by Gasteiger charge is 2.41. The number of carbonyl (C=O) groups is 1.